The number of benzene rings is 2. The molecule has 0 saturated heterocycles. The minimum atomic E-state index is -0.799. The van der Waals surface area contributed by atoms with Gasteiger partial charge < -0.3 is 9.84 Å². The molecule has 1 amide bonds. The van der Waals surface area contributed by atoms with Crippen molar-refractivity contribution in [1.29, 1.82) is 0 Å². The van der Waals surface area contributed by atoms with Crippen molar-refractivity contribution in [2.75, 3.05) is 4.90 Å². The summed E-state index contributed by atoms with van der Waals surface area (Å²) in [5.74, 6) is -0.910. The third-order valence-corrected chi connectivity index (χ3v) is 6.43. The quantitative estimate of drug-likeness (QED) is 0.362. The molecule has 168 valence electrons. The van der Waals surface area contributed by atoms with Gasteiger partial charge in [0.2, 0.25) is 5.78 Å². The van der Waals surface area contributed by atoms with Crippen LogP contribution in [0.15, 0.2) is 108 Å². The van der Waals surface area contributed by atoms with Crippen LogP contribution in [-0.4, -0.2) is 21.8 Å². The molecular weight excluding hydrogens is 448 g/mol. The van der Waals surface area contributed by atoms with Crippen LogP contribution in [-0.2, 0) is 11.4 Å². The second kappa shape index (κ2) is 9.33. The lowest BCUT2D eigenvalue weighted by Crippen LogP contribution is -2.31. The number of thiophene rings is 1. The van der Waals surface area contributed by atoms with E-state index in [2.05, 4.69) is 4.98 Å². The number of carbonyl (C=O) groups excluding carboxylic acids is 2. The van der Waals surface area contributed by atoms with Crippen LogP contribution < -0.4 is 9.64 Å². The Kier molecular flexibility index (Phi) is 5.93. The van der Waals surface area contributed by atoms with Gasteiger partial charge in [0.15, 0.2) is 5.76 Å². The number of anilines is 1. The predicted octanol–water partition coefficient (Wildman–Crippen LogP) is 5.51. The first-order valence-corrected chi connectivity index (χ1v) is 11.5. The van der Waals surface area contributed by atoms with Crippen molar-refractivity contribution in [1.82, 2.24) is 4.98 Å². The van der Waals surface area contributed by atoms with Gasteiger partial charge in [0, 0.05) is 18.1 Å². The monoisotopic (exact) mass is 468 g/mol. The molecule has 0 saturated carbocycles. The van der Waals surface area contributed by atoms with Crippen molar-refractivity contribution in [3.05, 3.63) is 124 Å². The normalized spacial score (nSPS) is 15.6. The number of ether oxygens (including phenoxy) is 1. The highest BCUT2D eigenvalue weighted by molar-refractivity contribution is 7.12. The van der Waals surface area contributed by atoms with Crippen LogP contribution in [0.5, 0.6) is 5.75 Å². The van der Waals surface area contributed by atoms with E-state index in [0.29, 0.717) is 28.5 Å². The molecule has 3 heterocycles. The molecule has 2 aromatic heterocycles. The third kappa shape index (κ3) is 4.09. The van der Waals surface area contributed by atoms with Gasteiger partial charge in [-0.25, -0.2) is 0 Å². The maximum atomic E-state index is 13.3. The van der Waals surface area contributed by atoms with Crippen LogP contribution in [0.1, 0.15) is 26.8 Å². The van der Waals surface area contributed by atoms with E-state index in [0.717, 1.165) is 5.56 Å². The Bertz CT molecular complexity index is 1330. The molecule has 0 aliphatic carbocycles. The van der Waals surface area contributed by atoms with Gasteiger partial charge in [-0.3, -0.25) is 19.5 Å². The number of carbonyl (C=O) groups is 2. The van der Waals surface area contributed by atoms with Crippen molar-refractivity contribution in [2.24, 2.45) is 0 Å². The fourth-order valence-electron chi connectivity index (χ4n) is 3.94. The molecule has 1 N–H and O–H groups in total. The van der Waals surface area contributed by atoms with Gasteiger partial charge in [-0.15, -0.1) is 11.3 Å². The van der Waals surface area contributed by atoms with Gasteiger partial charge in [0.25, 0.3) is 5.91 Å². The first-order chi connectivity index (χ1) is 16.6. The number of aromatic nitrogens is 1. The van der Waals surface area contributed by atoms with E-state index in [9.17, 15) is 14.7 Å². The lowest BCUT2D eigenvalue weighted by molar-refractivity contribution is -0.117. The number of hydrogen-bond donors (Lipinski definition) is 1. The topological polar surface area (TPSA) is 79.7 Å². The average Bonchev–Trinajstić information content (AvgIpc) is 3.51. The summed E-state index contributed by atoms with van der Waals surface area (Å²) in [5, 5.41) is 12.6. The number of aliphatic hydroxyl groups excluding tert-OH is 1. The van der Waals surface area contributed by atoms with Crippen LogP contribution >= 0.6 is 11.3 Å². The zero-order valence-corrected chi connectivity index (χ0v) is 18.8. The zero-order valence-electron chi connectivity index (χ0n) is 18.0. The second-order valence-electron chi connectivity index (χ2n) is 7.70. The Labute approximate surface area is 200 Å². The van der Waals surface area contributed by atoms with E-state index in [1.807, 2.05) is 30.3 Å². The maximum Gasteiger partial charge on any atom is 0.294 e. The van der Waals surface area contributed by atoms with Crippen molar-refractivity contribution >= 4 is 28.7 Å². The molecule has 0 radical (unpaired) electrons. The number of pyridine rings is 1. The van der Waals surface area contributed by atoms with Gasteiger partial charge in [0.05, 0.1) is 16.5 Å². The van der Waals surface area contributed by atoms with Crippen LogP contribution in [0.2, 0.25) is 0 Å². The van der Waals surface area contributed by atoms with E-state index in [-0.39, 0.29) is 11.4 Å². The lowest BCUT2D eigenvalue weighted by Gasteiger charge is -2.26. The van der Waals surface area contributed by atoms with Crippen LogP contribution in [0.4, 0.5) is 5.69 Å². The zero-order chi connectivity index (χ0) is 23.5. The van der Waals surface area contributed by atoms with Crippen LogP contribution in [0.3, 0.4) is 0 Å². The molecule has 4 aromatic rings. The fourth-order valence-corrected chi connectivity index (χ4v) is 4.62. The number of ketones is 1. The number of Topliss-reactive ketones (excluding diaryl/α,β-unsaturated/α-hetero) is 1. The summed E-state index contributed by atoms with van der Waals surface area (Å²) in [6.45, 7) is 0.420. The summed E-state index contributed by atoms with van der Waals surface area (Å²) in [7, 11) is 0. The first-order valence-electron chi connectivity index (χ1n) is 10.6. The van der Waals surface area contributed by atoms with E-state index in [1.165, 1.54) is 16.2 Å². The summed E-state index contributed by atoms with van der Waals surface area (Å²) in [5.41, 5.74) is 2.25. The number of rotatable bonds is 7. The van der Waals surface area contributed by atoms with E-state index in [1.54, 1.807) is 66.3 Å². The molecular formula is C27H20N2O4S. The Balaban J connectivity index is 1.46. The molecule has 7 heteroatoms. The molecule has 1 unspecified atom stereocenters. The van der Waals surface area contributed by atoms with Crippen LogP contribution in [0, 0.1) is 0 Å². The van der Waals surface area contributed by atoms with Crippen molar-refractivity contribution in [2.45, 2.75) is 12.6 Å². The Hall–Kier alpha value is -4.23. The molecule has 6 nitrogen and oxygen atoms in total. The second-order valence-corrected chi connectivity index (χ2v) is 8.65. The number of nitrogens with zero attached hydrogens (tertiary/aromatic N) is 2. The van der Waals surface area contributed by atoms with E-state index < -0.39 is 17.7 Å². The lowest BCUT2D eigenvalue weighted by atomic mass is 9.96. The molecule has 0 fully saturated rings. The first kappa shape index (κ1) is 21.6. The largest absolute Gasteiger partial charge is 0.503 e. The predicted molar refractivity (Wildman–Crippen MR) is 130 cm³/mol. The minimum absolute atomic E-state index is 0.0462. The Morgan fingerprint density at radius 1 is 1.00 bits per heavy atom. The highest BCUT2D eigenvalue weighted by Crippen LogP contribution is 2.42. The number of aliphatic hydroxyl groups is 1. The van der Waals surface area contributed by atoms with Crippen molar-refractivity contribution in [3.63, 3.8) is 0 Å². The Morgan fingerprint density at radius 2 is 1.79 bits per heavy atom. The molecule has 1 atom stereocenters. The van der Waals surface area contributed by atoms with Gasteiger partial charge in [-0.2, -0.15) is 0 Å². The van der Waals surface area contributed by atoms with Gasteiger partial charge >= 0.3 is 0 Å². The van der Waals surface area contributed by atoms with Gasteiger partial charge in [-0.05, 0) is 52.9 Å². The van der Waals surface area contributed by atoms with E-state index >= 15 is 0 Å². The molecule has 1 aliphatic rings. The summed E-state index contributed by atoms with van der Waals surface area (Å²) in [4.78, 5) is 32.5. The average molecular weight is 469 g/mol. The summed E-state index contributed by atoms with van der Waals surface area (Å²) < 4.78 is 5.85. The van der Waals surface area contributed by atoms with Crippen molar-refractivity contribution < 1.29 is 19.4 Å². The standard InChI is InChI=1S/C27H20N2O4S/c30-25(22-9-5-15-34-22)23-24(19-8-4-14-28-16-19)29(27(32)26(23)31)20-10-12-21(13-11-20)33-17-18-6-2-1-3-7-18/h1-16,24,31H,17H2. The smallest absolute Gasteiger partial charge is 0.294 e. The van der Waals surface area contributed by atoms with Crippen molar-refractivity contribution in [3.8, 4) is 5.75 Å². The number of amides is 1. The van der Waals surface area contributed by atoms with Gasteiger partial charge in [0.1, 0.15) is 12.4 Å². The van der Waals surface area contributed by atoms with Crippen LogP contribution in [0.25, 0.3) is 0 Å². The SMILES string of the molecule is O=C(C1=C(O)C(=O)N(c2ccc(OCc3ccccc3)cc2)C1c1cccnc1)c1cccs1. The van der Waals surface area contributed by atoms with Gasteiger partial charge in [-0.1, -0.05) is 42.5 Å². The summed E-state index contributed by atoms with van der Waals surface area (Å²) in [6, 6.07) is 23.0. The summed E-state index contributed by atoms with van der Waals surface area (Å²) >= 11 is 1.26. The molecule has 0 spiro atoms. The molecule has 34 heavy (non-hydrogen) atoms. The number of hydrogen-bond acceptors (Lipinski definition) is 6. The molecule has 2 aromatic carbocycles. The molecule has 1 aliphatic heterocycles. The Morgan fingerprint density at radius 3 is 2.47 bits per heavy atom. The maximum absolute atomic E-state index is 13.3. The highest BCUT2D eigenvalue weighted by Gasteiger charge is 2.44. The highest BCUT2D eigenvalue weighted by atomic mass is 32.1. The summed E-state index contributed by atoms with van der Waals surface area (Å²) in [6.07, 6.45) is 3.22. The minimum Gasteiger partial charge on any atom is -0.503 e. The fraction of sp³-hybridized carbons (Fsp3) is 0.0741. The van der Waals surface area contributed by atoms with E-state index in [4.69, 9.17) is 4.74 Å². The molecule has 5 rings (SSSR count). The molecule has 0 bridgehead atoms. The third-order valence-electron chi connectivity index (χ3n) is 5.56.